The Morgan fingerprint density at radius 2 is 2.05 bits per heavy atom. The van der Waals surface area contributed by atoms with Crippen molar-refractivity contribution in [2.45, 2.75) is 31.2 Å². The summed E-state index contributed by atoms with van der Waals surface area (Å²) >= 11 is 12.3. The van der Waals surface area contributed by atoms with Gasteiger partial charge >= 0.3 is 0 Å². The lowest BCUT2D eigenvalue weighted by molar-refractivity contribution is -0.114. The zero-order valence-corrected chi connectivity index (χ0v) is 13.0. The molecule has 1 aromatic rings. The zero-order valence-electron chi connectivity index (χ0n) is 11.5. The molecule has 1 aromatic carbocycles. The molecule has 0 aromatic heterocycles. The minimum absolute atomic E-state index is 0.107. The van der Waals surface area contributed by atoms with Crippen molar-refractivity contribution in [2.24, 2.45) is 0 Å². The first kappa shape index (κ1) is 14.7. The van der Waals surface area contributed by atoms with E-state index >= 15 is 0 Å². The lowest BCUT2D eigenvalue weighted by Gasteiger charge is -2.23. The number of alkyl halides is 1. The van der Waals surface area contributed by atoms with Gasteiger partial charge in [0.25, 0.3) is 5.91 Å². The molecule has 0 fully saturated rings. The molecule has 3 rings (SSSR count). The lowest BCUT2D eigenvalue weighted by Crippen LogP contribution is -2.32. The van der Waals surface area contributed by atoms with Crippen molar-refractivity contribution in [3.05, 3.63) is 34.1 Å². The summed E-state index contributed by atoms with van der Waals surface area (Å²) in [5.74, 6) is -0.484. The highest BCUT2D eigenvalue weighted by molar-refractivity contribution is 6.32. The highest BCUT2D eigenvalue weighted by Crippen LogP contribution is 2.43. The van der Waals surface area contributed by atoms with Crippen molar-refractivity contribution in [3.8, 4) is 5.75 Å². The summed E-state index contributed by atoms with van der Waals surface area (Å²) in [6, 6.07) is 2.56. The number of nitrogens with zero attached hydrogens (tertiary/aromatic N) is 1. The van der Waals surface area contributed by atoms with E-state index in [0.717, 1.165) is 36.5 Å². The van der Waals surface area contributed by atoms with Gasteiger partial charge in [0.05, 0.1) is 17.8 Å². The Hall–Kier alpha value is -1.26. The average Bonchev–Trinajstić information content (AvgIpc) is 2.72. The minimum Gasteiger partial charge on any atom is -0.495 e. The number of halogens is 3. The molecule has 1 atom stereocenters. The van der Waals surface area contributed by atoms with Crippen molar-refractivity contribution in [1.29, 1.82) is 0 Å². The monoisotopic (exact) mass is 329 g/mol. The van der Waals surface area contributed by atoms with E-state index in [1.54, 1.807) is 0 Å². The fourth-order valence-corrected chi connectivity index (χ4v) is 3.59. The van der Waals surface area contributed by atoms with Gasteiger partial charge in [-0.2, -0.15) is 0 Å². The maximum atomic E-state index is 14.2. The summed E-state index contributed by atoms with van der Waals surface area (Å²) in [5.41, 5.74) is 1.12. The Balaban J connectivity index is 2.04. The van der Waals surface area contributed by atoms with Crippen molar-refractivity contribution in [1.82, 2.24) is 0 Å². The molecule has 6 heteroatoms. The van der Waals surface area contributed by atoms with E-state index in [4.69, 9.17) is 27.9 Å². The quantitative estimate of drug-likeness (QED) is 0.599. The number of rotatable bonds is 2. The van der Waals surface area contributed by atoms with E-state index < -0.39 is 11.3 Å². The van der Waals surface area contributed by atoms with Crippen LogP contribution in [0.4, 0.5) is 10.1 Å². The van der Waals surface area contributed by atoms with E-state index in [1.165, 1.54) is 18.1 Å². The van der Waals surface area contributed by atoms with E-state index in [-0.39, 0.29) is 16.6 Å². The second-order valence-electron chi connectivity index (χ2n) is 5.16. The maximum absolute atomic E-state index is 14.2. The third-order valence-electron chi connectivity index (χ3n) is 3.98. The Morgan fingerprint density at radius 3 is 2.71 bits per heavy atom. The number of hydrogen-bond donors (Lipinski definition) is 0. The largest absolute Gasteiger partial charge is 0.495 e. The van der Waals surface area contributed by atoms with E-state index in [0.29, 0.717) is 12.2 Å². The summed E-state index contributed by atoms with van der Waals surface area (Å²) in [6.45, 7) is 0. The Labute approximate surface area is 132 Å². The van der Waals surface area contributed by atoms with Crippen LogP contribution in [0.2, 0.25) is 5.02 Å². The van der Waals surface area contributed by atoms with Gasteiger partial charge in [-0.15, -0.1) is 0 Å². The molecule has 1 aliphatic heterocycles. The van der Waals surface area contributed by atoms with Crippen molar-refractivity contribution in [2.75, 3.05) is 12.0 Å². The van der Waals surface area contributed by atoms with Gasteiger partial charge in [0.15, 0.2) is 0 Å². The molecule has 1 unspecified atom stereocenters. The first-order valence-corrected chi connectivity index (χ1v) is 7.58. The molecule has 0 bridgehead atoms. The SMILES string of the molecule is COc1cc(N2C(=O)C3=C(CCCC3)C2Cl)c(F)cc1Cl. The molecule has 0 N–H and O–H groups in total. The number of benzene rings is 1. The van der Waals surface area contributed by atoms with Crippen LogP contribution in [-0.2, 0) is 4.79 Å². The predicted molar refractivity (Wildman–Crippen MR) is 80.6 cm³/mol. The van der Waals surface area contributed by atoms with Gasteiger partial charge in [-0.1, -0.05) is 23.2 Å². The number of carbonyl (C=O) groups excluding carboxylic acids is 1. The summed E-state index contributed by atoms with van der Waals surface area (Å²) < 4.78 is 19.3. The number of methoxy groups -OCH3 is 1. The first-order valence-electron chi connectivity index (χ1n) is 6.77. The normalized spacial score (nSPS) is 21.8. The summed E-state index contributed by atoms with van der Waals surface area (Å²) in [4.78, 5) is 13.8. The topological polar surface area (TPSA) is 29.5 Å². The van der Waals surface area contributed by atoms with Crippen LogP contribution in [0.1, 0.15) is 25.7 Å². The van der Waals surface area contributed by atoms with Gasteiger partial charge in [0.2, 0.25) is 0 Å². The molecule has 112 valence electrons. The maximum Gasteiger partial charge on any atom is 0.255 e. The van der Waals surface area contributed by atoms with Crippen LogP contribution in [-0.4, -0.2) is 18.5 Å². The fraction of sp³-hybridized carbons (Fsp3) is 0.400. The highest BCUT2D eigenvalue weighted by Gasteiger charge is 2.40. The van der Waals surface area contributed by atoms with E-state index in [9.17, 15) is 9.18 Å². The summed E-state index contributed by atoms with van der Waals surface area (Å²) in [7, 11) is 1.44. The van der Waals surface area contributed by atoms with Crippen LogP contribution in [0.25, 0.3) is 0 Å². The first-order chi connectivity index (χ1) is 10.0. The molecule has 0 saturated carbocycles. The van der Waals surface area contributed by atoms with Gasteiger partial charge in [0, 0.05) is 11.6 Å². The van der Waals surface area contributed by atoms with Gasteiger partial charge in [-0.05, 0) is 37.3 Å². The molecule has 2 aliphatic rings. The third kappa shape index (κ3) is 2.30. The van der Waals surface area contributed by atoms with Crippen LogP contribution >= 0.6 is 23.2 Å². The second kappa shape index (κ2) is 5.50. The number of ether oxygens (including phenoxy) is 1. The highest BCUT2D eigenvalue weighted by atomic mass is 35.5. The third-order valence-corrected chi connectivity index (χ3v) is 4.74. The van der Waals surface area contributed by atoms with Gasteiger partial charge in [-0.25, -0.2) is 4.39 Å². The van der Waals surface area contributed by atoms with Crippen molar-refractivity contribution in [3.63, 3.8) is 0 Å². The Morgan fingerprint density at radius 1 is 1.33 bits per heavy atom. The van der Waals surface area contributed by atoms with Gasteiger partial charge < -0.3 is 4.74 Å². The van der Waals surface area contributed by atoms with Gasteiger partial charge in [0.1, 0.15) is 17.1 Å². The molecular weight excluding hydrogens is 316 g/mol. The minimum atomic E-state index is -0.631. The predicted octanol–water partition coefficient (Wildman–Crippen LogP) is 4.27. The van der Waals surface area contributed by atoms with E-state index in [1.807, 2.05) is 0 Å². The Bertz CT molecular complexity index is 645. The Kier molecular flexibility index (Phi) is 3.84. The molecule has 3 nitrogen and oxygen atoms in total. The van der Waals surface area contributed by atoms with Crippen LogP contribution in [0.3, 0.4) is 0 Å². The van der Waals surface area contributed by atoms with Crippen LogP contribution < -0.4 is 9.64 Å². The van der Waals surface area contributed by atoms with Gasteiger partial charge in [-0.3, -0.25) is 9.69 Å². The summed E-state index contributed by atoms with van der Waals surface area (Å²) in [6.07, 6.45) is 3.47. The van der Waals surface area contributed by atoms with Crippen molar-refractivity contribution < 1.29 is 13.9 Å². The zero-order chi connectivity index (χ0) is 15.1. The molecule has 21 heavy (non-hydrogen) atoms. The van der Waals surface area contributed by atoms with Crippen LogP contribution in [0, 0.1) is 5.82 Å². The molecule has 1 heterocycles. The smallest absolute Gasteiger partial charge is 0.255 e. The van der Waals surface area contributed by atoms with Crippen LogP contribution in [0.15, 0.2) is 23.3 Å². The fourth-order valence-electron chi connectivity index (χ4n) is 2.93. The molecule has 0 radical (unpaired) electrons. The number of carbonyl (C=O) groups is 1. The number of hydrogen-bond acceptors (Lipinski definition) is 2. The standard InChI is InChI=1S/C15H14Cl2FNO2/c1-21-13-7-12(11(18)6-10(13)16)19-14(17)8-4-2-3-5-9(8)15(19)20/h6-7,14H,2-5H2,1H3. The molecule has 0 saturated heterocycles. The number of amides is 1. The number of anilines is 1. The molecular formula is C15H14Cl2FNO2. The molecule has 1 aliphatic carbocycles. The molecule has 0 spiro atoms. The lowest BCUT2D eigenvalue weighted by atomic mass is 9.94. The van der Waals surface area contributed by atoms with E-state index in [2.05, 4.69) is 0 Å². The molecule has 1 amide bonds. The van der Waals surface area contributed by atoms with Crippen LogP contribution in [0.5, 0.6) is 5.75 Å². The van der Waals surface area contributed by atoms with Crippen molar-refractivity contribution >= 4 is 34.8 Å². The average molecular weight is 330 g/mol. The summed E-state index contributed by atoms with van der Waals surface area (Å²) in [5, 5.41) is 0.161. The second-order valence-corrected chi connectivity index (χ2v) is 5.98.